The Morgan fingerprint density at radius 1 is 1.33 bits per heavy atom. The van der Waals surface area contributed by atoms with E-state index in [0.717, 1.165) is 16.8 Å². The van der Waals surface area contributed by atoms with Gasteiger partial charge in [-0.3, -0.25) is 4.68 Å². The molecule has 1 aromatic carbocycles. The Labute approximate surface area is 116 Å². The zero-order valence-electron chi connectivity index (χ0n) is 10.2. The number of aromatic nitrogens is 2. The van der Waals surface area contributed by atoms with Gasteiger partial charge in [0.2, 0.25) is 0 Å². The van der Waals surface area contributed by atoms with Crippen LogP contribution >= 0.6 is 23.2 Å². The van der Waals surface area contributed by atoms with Crippen molar-refractivity contribution in [1.29, 1.82) is 0 Å². The molecule has 5 heteroatoms. The summed E-state index contributed by atoms with van der Waals surface area (Å²) in [6.07, 6.45) is 1.73. The van der Waals surface area contributed by atoms with Crippen molar-refractivity contribution in [2.45, 2.75) is 19.4 Å². The van der Waals surface area contributed by atoms with E-state index in [0.29, 0.717) is 16.5 Å². The van der Waals surface area contributed by atoms with Crippen molar-refractivity contribution >= 4 is 23.2 Å². The molecule has 1 N–H and O–H groups in total. The maximum absolute atomic E-state index is 10.2. The highest BCUT2D eigenvalue weighted by Gasteiger charge is 2.14. The normalized spacial score (nSPS) is 12.7. The van der Waals surface area contributed by atoms with Gasteiger partial charge in [0, 0.05) is 25.2 Å². The zero-order valence-corrected chi connectivity index (χ0v) is 11.7. The van der Waals surface area contributed by atoms with Crippen LogP contribution in [0.15, 0.2) is 24.4 Å². The number of aryl methyl sites for hydroxylation is 2. The van der Waals surface area contributed by atoms with Gasteiger partial charge in [-0.05, 0) is 24.6 Å². The number of rotatable bonds is 3. The summed E-state index contributed by atoms with van der Waals surface area (Å²) in [4.78, 5) is 0. The lowest BCUT2D eigenvalue weighted by atomic mass is 10.0. The third kappa shape index (κ3) is 2.86. The first-order chi connectivity index (χ1) is 8.47. The maximum atomic E-state index is 10.2. The molecule has 0 saturated heterocycles. The lowest BCUT2D eigenvalue weighted by molar-refractivity contribution is 0.177. The minimum Gasteiger partial charge on any atom is -0.388 e. The van der Waals surface area contributed by atoms with E-state index in [2.05, 4.69) is 5.10 Å². The monoisotopic (exact) mass is 284 g/mol. The fourth-order valence-electron chi connectivity index (χ4n) is 1.94. The molecule has 2 rings (SSSR count). The second-order valence-corrected chi connectivity index (χ2v) is 5.13. The Hall–Kier alpha value is -1.03. The highest BCUT2D eigenvalue weighted by atomic mass is 35.5. The molecule has 0 bridgehead atoms. The smallest absolute Gasteiger partial charge is 0.0863 e. The molecule has 0 spiro atoms. The molecule has 1 aromatic heterocycles. The van der Waals surface area contributed by atoms with Gasteiger partial charge in [-0.25, -0.2) is 0 Å². The fraction of sp³-hybridized carbons (Fsp3) is 0.308. The second-order valence-electron chi connectivity index (χ2n) is 4.31. The minimum absolute atomic E-state index is 0.490. The van der Waals surface area contributed by atoms with Crippen LogP contribution in [0, 0.1) is 6.92 Å². The van der Waals surface area contributed by atoms with Crippen molar-refractivity contribution in [3.8, 4) is 0 Å². The van der Waals surface area contributed by atoms with E-state index in [4.69, 9.17) is 23.2 Å². The van der Waals surface area contributed by atoms with E-state index in [1.807, 2.05) is 26.2 Å². The van der Waals surface area contributed by atoms with Crippen molar-refractivity contribution in [3.63, 3.8) is 0 Å². The van der Waals surface area contributed by atoms with Crippen LogP contribution in [-0.2, 0) is 13.5 Å². The van der Waals surface area contributed by atoms with E-state index in [1.54, 1.807) is 16.8 Å². The third-order valence-corrected chi connectivity index (χ3v) is 3.56. The van der Waals surface area contributed by atoms with Crippen LogP contribution in [0.1, 0.15) is 22.9 Å². The first-order valence-corrected chi connectivity index (χ1v) is 6.35. The molecule has 0 fully saturated rings. The fourth-order valence-corrected chi connectivity index (χ4v) is 2.27. The number of hydrogen-bond donors (Lipinski definition) is 1. The van der Waals surface area contributed by atoms with Crippen molar-refractivity contribution in [2.24, 2.45) is 7.05 Å². The summed E-state index contributed by atoms with van der Waals surface area (Å²) in [7, 11) is 1.84. The van der Waals surface area contributed by atoms with Crippen LogP contribution in [0.3, 0.4) is 0 Å². The quantitative estimate of drug-likeness (QED) is 0.939. The molecule has 0 aliphatic carbocycles. The molecular weight excluding hydrogens is 271 g/mol. The highest BCUT2D eigenvalue weighted by molar-refractivity contribution is 6.42. The van der Waals surface area contributed by atoms with Gasteiger partial charge in [0.25, 0.3) is 0 Å². The number of aliphatic hydroxyl groups excluding tert-OH is 1. The second kappa shape index (κ2) is 5.31. The van der Waals surface area contributed by atoms with Crippen LogP contribution in [0.5, 0.6) is 0 Å². The molecule has 0 radical (unpaired) electrons. The molecule has 1 unspecified atom stereocenters. The molecule has 1 heterocycles. The van der Waals surface area contributed by atoms with Gasteiger partial charge in [0.05, 0.1) is 21.8 Å². The molecule has 0 aliphatic rings. The maximum Gasteiger partial charge on any atom is 0.0863 e. The SMILES string of the molecule is Cc1nn(C)cc1C(O)Cc1ccc(Cl)c(Cl)c1. The van der Waals surface area contributed by atoms with Gasteiger partial charge < -0.3 is 5.11 Å². The Morgan fingerprint density at radius 3 is 2.61 bits per heavy atom. The molecule has 3 nitrogen and oxygen atoms in total. The molecule has 96 valence electrons. The zero-order chi connectivity index (χ0) is 13.3. The van der Waals surface area contributed by atoms with Gasteiger partial charge >= 0.3 is 0 Å². The van der Waals surface area contributed by atoms with Gasteiger partial charge in [-0.2, -0.15) is 5.10 Å². The molecule has 0 amide bonds. The van der Waals surface area contributed by atoms with E-state index in [9.17, 15) is 5.11 Å². The average Bonchev–Trinajstić information content (AvgIpc) is 2.63. The Balaban J connectivity index is 2.18. The average molecular weight is 285 g/mol. The lowest BCUT2D eigenvalue weighted by Gasteiger charge is -2.10. The van der Waals surface area contributed by atoms with Gasteiger partial charge in [0.15, 0.2) is 0 Å². The highest BCUT2D eigenvalue weighted by Crippen LogP contribution is 2.26. The molecule has 2 aromatic rings. The number of nitrogens with zero attached hydrogens (tertiary/aromatic N) is 2. The van der Waals surface area contributed by atoms with Gasteiger partial charge in [-0.15, -0.1) is 0 Å². The van der Waals surface area contributed by atoms with Crippen LogP contribution in [-0.4, -0.2) is 14.9 Å². The summed E-state index contributed by atoms with van der Waals surface area (Å²) >= 11 is 11.8. The first kappa shape index (κ1) is 13.4. The van der Waals surface area contributed by atoms with Crippen LogP contribution < -0.4 is 0 Å². The van der Waals surface area contributed by atoms with E-state index < -0.39 is 6.10 Å². The van der Waals surface area contributed by atoms with Crippen molar-refractivity contribution in [2.75, 3.05) is 0 Å². The Kier molecular flexibility index (Phi) is 3.95. The minimum atomic E-state index is -0.587. The van der Waals surface area contributed by atoms with E-state index in [-0.39, 0.29) is 0 Å². The van der Waals surface area contributed by atoms with Crippen LogP contribution in [0.2, 0.25) is 10.0 Å². The summed E-state index contributed by atoms with van der Waals surface area (Å²) < 4.78 is 1.70. The van der Waals surface area contributed by atoms with Crippen molar-refractivity contribution in [3.05, 3.63) is 51.3 Å². The largest absolute Gasteiger partial charge is 0.388 e. The van der Waals surface area contributed by atoms with E-state index >= 15 is 0 Å². The summed E-state index contributed by atoms with van der Waals surface area (Å²) in [5, 5.41) is 15.4. The summed E-state index contributed by atoms with van der Waals surface area (Å²) in [5.74, 6) is 0. The van der Waals surface area contributed by atoms with Crippen LogP contribution in [0.25, 0.3) is 0 Å². The topological polar surface area (TPSA) is 38.0 Å². The third-order valence-electron chi connectivity index (χ3n) is 2.82. The van der Waals surface area contributed by atoms with Crippen molar-refractivity contribution in [1.82, 2.24) is 9.78 Å². The predicted molar refractivity (Wildman–Crippen MR) is 73.1 cm³/mol. The summed E-state index contributed by atoms with van der Waals surface area (Å²) in [5.41, 5.74) is 2.62. The number of aliphatic hydroxyl groups is 1. The van der Waals surface area contributed by atoms with Crippen molar-refractivity contribution < 1.29 is 5.11 Å². The lowest BCUT2D eigenvalue weighted by Crippen LogP contribution is -2.02. The Bertz CT molecular complexity index is 566. The standard InChI is InChI=1S/C13H14Cl2N2O/c1-8-10(7-17(2)16-8)13(18)6-9-3-4-11(14)12(15)5-9/h3-5,7,13,18H,6H2,1-2H3. The molecule has 18 heavy (non-hydrogen) atoms. The van der Waals surface area contributed by atoms with Gasteiger partial charge in [0.1, 0.15) is 0 Å². The molecule has 1 atom stereocenters. The number of halogens is 2. The molecular formula is C13H14Cl2N2O. The number of hydrogen-bond acceptors (Lipinski definition) is 2. The molecule has 0 saturated carbocycles. The first-order valence-electron chi connectivity index (χ1n) is 5.59. The molecule has 0 aliphatic heterocycles. The summed E-state index contributed by atoms with van der Waals surface area (Å²) in [6.45, 7) is 1.88. The van der Waals surface area contributed by atoms with Crippen LogP contribution in [0.4, 0.5) is 0 Å². The predicted octanol–water partition coefficient (Wildman–Crippen LogP) is 3.31. The summed E-state index contributed by atoms with van der Waals surface area (Å²) in [6, 6.07) is 5.38. The van der Waals surface area contributed by atoms with Gasteiger partial charge in [-0.1, -0.05) is 29.3 Å². The Morgan fingerprint density at radius 2 is 2.06 bits per heavy atom. The number of benzene rings is 1. The van der Waals surface area contributed by atoms with E-state index in [1.165, 1.54) is 0 Å².